The molecule has 1 fully saturated rings. The van der Waals surface area contributed by atoms with Crippen LogP contribution < -0.4 is 0 Å². The van der Waals surface area contributed by atoms with E-state index in [1.54, 1.807) is 11.3 Å². The highest BCUT2D eigenvalue weighted by molar-refractivity contribution is 7.14. The van der Waals surface area contributed by atoms with Gasteiger partial charge in [-0.15, -0.1) is 11.3 Å². The Bertz CT molecular complexity index is 498. The number of hydrogen-bond donors (Lipinski definition) is 0. The predicted molar refractivity (Wildman–Crippen MR) is 71.1 cm³/mol. The van der Waals surface area contributed by atoms with Crippen molar-refractivity contribution in [3.63, 3.8) is 0 Å². The van der Waals surface area contributed by atoms with E-state index in [-0.39, 0.29) is 16.8 Å². The zero-order valence-electron chi connectivity index (χ0n) is 11.2. The van der Waals surface area contributed by atoms with Gasteiger partial charge in [-0.3, -0.25) is 4.79 Å². The Morgan fingerprint density at radius 2 is 2.06 bits per heavy atom. The Hall–Kier alpha value is -0.740. The summed E-state index contributed by atoms with van der Waals surface area (Å²) in [5.74, 6) is 0.256. The molecule has 0 spiro atoms. The molecule has 98 valence electrons. The van der Waals surface area contributed by atoms with Gasteiger partial charge in [-0.1, -0.05) is 13.8 Å². The molecule has 1 aliphatic heterocycles. The first-order chi connectivity index (χ1) is 8.40. The lowest BCUT2D eigenvalue weighted by Crippen LogP contribution is -2.26. The molecule has 0 N–H and O–H groups in total. The minimum absolute atomic E-state index is 0.0485. The highest BCUT2D eigenvalue weighted by Gasteiger charge is 2.39. The fraction of sp³-hybridized carbons (Fsp3) is 0.714. The maximum atomic E-state index is 12.2. The second kappa shape index (κ2) is 3.87. The van der Waals surface area contributed by atoms with Crippen molar-refractivity contribution in [3.05, 3.63) is 15.6 Å². The molecule has 0 aromatic carbocycles. The van der Waals surface area contributed by atoms with Crippen molar-refractivity contribution >= 4 is 17.1 Å². The van der Waals surface area contributed by atoms with E-state index in [0.717, 1.165) is 41.4 Å². The van der Waals surface area contributed by atoms with Gasteiger partial charge >= 0.3 is 0 Å². The Morgan fingerprint density at radius 1 is 1.28 bits per heavy atom. The third-order valence-electron chi connectivity index (χ3n) is 3.91. The van der Waals surface area contributed by atoms with Crippen LogP contribution in [0.2, 0.25) is 0 Å². The van der Waals surface area contributed by atoms with Gasteiger partial charge < -0.3 is 4.74 Å². The summed E-state index contributed by atoms with van der Waals surface area (Å²) in [6, 6.07) is 0. The van der Waals surface area contributed by atoms with Gasteiger partial charge in [-0.25, -0.2) is 4.98 Å². The topological polar surface area (TPSA) is 39.2 Å². The van der Waals surface area contributed by atoms with E-state index in [0.29, 0.717) is 6.42 Å². The zero-order valence-corrected chi connectivity index (χ0v) is 12.0. The maximum Gasteiger partial charge on any atom is 0.175 e. The molecular formula is C14H19NO2S. The van der Waals surface area contributed by atoms with Gasteiger partial charge in [0.25, 0.3) is 0 Å². The third-order valence-corrected chi connectivity index (χ3v) is 5.29. The summed E-state index contributed by atoms with van der Waals surface area (Å²) in [6.45, 7) is 7.18. The van der Waals surface area contributed by atoms with E-state index in [2.05, 4.69) is 20.8 Å². The van der Waals surface area contributed by atoms with Crippen LogP contribution in [0.25, 0.3) is 0 Å². The third kappa shape index (κ3) is 1.91. The molecule has 1 aromatic rings. The zero-order chi connectivity index (χ0) is 13.0. The number of nitrogens with zero attached hydrogens (tertiary/aromatic N) is 1. The molecule has 3 rings (SSSR count). The highest BCUT2D eigenvalue weighted by atomic mass is 32.1. The van der Waals surface area contributed by atoms with Crippen LogP contribution >= 0.6 is 11.3 Å². The Kier molecular flexibility index (Phi) is 2.65. The molecule has 0 bridgehead atoms. The SMILES string of the molecule is CC1(C)CC(=O)c2sc(C3(C)CCCO3)nc2C1. The molecule has 1 atom stereocenters. The van der Waals surface area contributed by atoms with Crippen molar-refractivity contribution in [1.82, 2.24) is 4.98 Å². The first kappa shape index (κ1) is 12.3. The van der Waals surface area contributed by atoms with Crippen LogP contribution in [0.3, 0.4) is 0 Å². The van der Waals surface area contributed by atoms with Gasteiger partial charge in [0.1, 0.15) is 10.6 Å². The quantitative estimate of drug-likeness (QED) is 0.782. The van der Waals surface area contributed by atoms with E-state index in [1.165, 1.54) is 0 Å². The molecule has 0 amide bonds. The van der Waals surface area contributed by atoms with Crippen LogP contribution in [0.1, 0.15) is 60.4 Å². The highest BCUT2D eigenvalue weighted by Crippen LogP contribution is 2.43. The van der Waals surface area contributed by atoms with Crippen molar-refractivity contribution in [2.75, 3.05) is 6.61 Å². The first-order valence-corrected chi connectivity index (χ1v) is 7.39. The van der Waals surface area contributed by atoms with Gasteiger partial charge in [0.05, 0.1) is 10.6 Å². The molecule has 1 aliphatic carbocycles. The van der Waals surface area contributed by atoms with Crippen molar-refractivity contribution < 1.29 is 9.53 Å². The largest absolute Gasteiger partial charge is 0.368 e. The lowest BCUT2D eigenvalue weighted by molar-refractivity contribution is 0.0165. The second-order valence-corrected chi connectivity index (χ2v) is 7.42. The van der Waals surface area contributed by atoms with E-state index >= 15 is 0 Å². The molecule has 3 nitrogen and oxygen atoms in total. The van der Waals surface area contributed by atoms with Crippen LogP contribution in [-0.4, -0.2) is 17.4 Å². The predicted octanol–water partition coefficient (Wildman–Crippen LogP) is 3.32. The lowest BCUT2D eigenvalue weighted by Gasteiger charge is -2.26. The number of ether oxygens (including phenoxy) is 1. The fourth-order valence-electron chi connectivity index (χ4n) is 2.89. The smallest absolute Gasteiger partial charge is 0.175 e. The van der Waals surface area contributed by atoms with Crippen molar-refractivity contribution in [2.45, 2.75) is 52.1 Å². The summed E-state index contributed by atoms with van der Waals surface area (Å²) in [6.07, 6.45) is 3.64. The lowest BCUT2D eigenvalue weighted by atomic mass is 9.78. The molecule has 0 saturated carbocycles. The van der Waals surface area contributed by atoms with Crippen molar-refractivity contribution in [1.29, 1.82) is 0 Å². The Labute approximate surface area is 112 Å². The van der Waals surface area contributed by atoms with Gasteiger partial charge in [0.2, 0.25) is 0 Å². The van der Waals surface area contributed by atoms with E-state index in [4.69, 9.17) is 9.72 Å². The number of hydrogen-bond acceptors (Lipinski definition) is 4. The van der Waals surface area contributed by atoms with Gasteiger partial charge in [0, 0.05) is 13.0 Å². The van der Waals surface area contributed by atoms with Gasteiger partial charge in [0.15, 0.2) is 5.78 Å². The second-order valence-electron chi connectivity index (χ2n) is 6.42. The summed E-state index contributed by atoms with van der Waals surface area (Å²) >= 11 is 1.55. The van der Waals surface area contributed by atoms with Gasteiger partial charge in [-0.05, 0) is 31.6 Å². The summed E-state index contributed by atoms with van der Waals surface area (Å²) < 4.78 is 5.83. The number of carbonyl (C=O) groups excluding carboxylic acids is 1. The number of Topliss-reactive ketones (excluding diaryl/α,β-unsaturated/α-hetero) is 1. The number of aromatic nitrogens is 1. The fourth-order valence-corrected chi connectivity index (χ4v) is 4.04. The normalized spacial score (nSPS) is 30.5. The number of thiazole rings is 1. The molecule has 2 heterocycles. The standard InChI is InChI=1S/C14H19NO2S/c1-13(2)7-9-11(10(16)8-13)18-12(15-9)14(3)5-4-6-17-14/h4-8H2,1-3H3. The van der Waals surface area contributed by atoms with E-state index in [1.807, 2.05) is 0 Å². The molecule has 0 radical (unpaired) electrons. The summed E-state index contributed by atoms with van der Waals surface area (Å²) in [7, 11) is 0. The van der Waals surface area contributed by atoms with Crippen LogP contribution in [0.15, 0.2) is 0 Å². The first-order valence-electron chi connectivity index (χ1n) is 6.57. The molecule has 1 unspecified atom stereocenters. The van der Waals surface area contributed by atoms with Crippen LogP contribution in [0.5, 0.6) is 0 Å². The minimum atomic E-state index is -0.258. The summed E-state index contributed by atoms with van der Waals surface area (Å²) in [5.41, 5.74) is 0.784. The minimum Gasteiger partial charge on any atom is -0.368 e. The van der Waals surface area contributed by atoms with Crippen molar-refractivity contribution in [2.24, 2.45) is 5.41 Å². The molecule has 1 aromatic heterocycles. The Morgan fingerprint density at radius 3 is 2.72 bits per heavy atom. The summed E-state index contributed by atoms with van der Waals surface area (Å²) in [5, 5.41) is 0.996. The van der Waals surface area contributed by atoms with Crippen LogP contribution in [0.4, 0.5) is 0 Å². The summed E-state index contributed by atoms with van der Waals surface area (Å²) in [4.78, 5) is 17.8. The van der Waals surface area contributed by atoms with Crippen LogP contribution in [0, 0.1) is 5.41 Å². The Balaban J connectivity index is 2.00. The molecule has 18 heavy (non-hydrogen) atoms. The maximum absolute atomic E-state index is 12.2. The molecule has 4 heteroatoms. The monoisotopic (exact) mass is 265 g/mol. The van der Waals surface area contributed by atoms with Crippen molar-refractivity contribution in [3.8, 4) is 0 Å². The number of ketones is 1. The molecular weight excluding hydrogens is 246 g/mol. The molecule has 2 aliphatic rings. The van der Waals surface area contributed by atoms with E-state index in [9.17, 15) is 4.79 Å². The van der Waals surface area contributed by atoms with E-state index < -0.39 is 0 Å². The van der Waals surface area contributed by atoms with Gasteiger partial charge in [-0.2, -0.15) is 0 Å². The average Bonchev–Trinajstić information content (AvgIpc) is 2.83. The number of fused-ring (bicyclic) bond motifs is 1. The number of rotatable bonds is 1. The molecule has 1 saturated heterocycles. The average molecular weight is 265 g/mol. The van der Waals surface area contributed by atoms with Crippen LogP contribution in [-0.2, 0) is 16.8 Å². The number of carbonyl (C=O) groups is 1.